The second-order valence-corrected chi connectivity index (χ2v) is 6.06. The van der Waals surface area contributed by atoms with Gasteiger partial charge in [-0.25, -0.2) is 4.79 Å². The molecule has 128 valence electrons. The van der Waals surface area contributed by atoms with Crippen molar-refractivity contribution in [3.63, 3.8) is 0 Å². The summed E-state index contributed by atoms with van der Waals surface area (Å²) in [7, 11) is 1.40. The van der Waals surface area contributed by atoms with Crippen LogP contribution in [0.4, 0.5) is 0 Å². The molecule has 1 atom stereocenters. The smallest absolute Gasteiger partial charge is 0.328 e. The van der Waals surface area contributed by atoms with Gasteiger partial charge < -0.3 is 9.64 Å². The molecule has 4 nitrogen and oxygen atoms in total. The number of benzene rings is 2. The van der Waals surface area contributed by atoms with E-state index in [1.54, 1.807) is 18.2 Å². The van der Waals surface area contributed by atoms with E-state index < -0.39 is 0 Å². The number of esters is 1. The maximum atomic E-state index is 12.5. The number of likely N-dealkylation sites (tertiary alicyclic amines) is 1. The molecule has 0 aromatic heterocycles. The largest absolute Gasteiger partial charge is 0.467 e. The average molecular weight is 335 g/mol. The fourth-order valence-corrected chi connectivity index (χ4v) is 3.15. The van der Waals surface area contributed by atoms with Crippen molar-refractivity contribution in [3.05, 3.63) is 83.6 Å². The van der Waals surface area contributed by atoms with Crippen LogP contribution in [0.25, 0.3) is 0 Å². The van der Waals surface area contributed by atoms with Crippen LogP contribution in [-0.2, 0) is 16.1 Å². The highest BCUT2D eigenvalue weighted by atomic mass is 16.5. The highest BCUT2D eigenvalue weighted by Gasteiger charge is 2.34. The fraction of sp³-hybridized carbons (Fsp3) is 0.238. The maximum Gasteiger partial charge on any atom is 0.328 e. The molecule has 0 saturated carbocycles. The van der Waals surface area contributed by atoms with E-state index in [-0.39, 0.29) is 17.8 Å². The molecule has 1 saturated heterocycles. The zero-order valence-electron chi connectivity index (χ0n) is 14.2. The van der Waals surface area contributed by atoms with Crippen molar-refractivity contribution in [2.24, 2.45) is 0 Å². The number of rotatable bonds is 5. The third-order valence-electron chi connectivity index (χ3n) is 4.44. The van der Waals surface area contributed by atoms with Gasteiger partial charge in [-0.1, -0.05) is 60.7 Å². The Hall–Kier alpha value is -2.88. The Bertz CT molecular complexity index is 768. The van der Waals surface area contributed by atoms with Crippen LogP contribution < -0.4 is 0 Å². The Balaban J connectivity index is 1.87. The molecule has 0 radical (unpaired) electrons. The van der Waals surface area contributed by atoms with Crippen LogP contribution in [0.5, 0.6) is 0 Å². The Morgan fingerprint density at radius 3 is 2.36 bits per heavy atom. The molecule has 25 heavy (non-hydrogen) atoms. The second-order valence-electron chi connectivity index (χ2n) is 6.06. The highest BCUT2D eigenvalue weighted by Crippen LogP contribution is 2.30. The number of carbonyl (C=O) groups excluding carboxylic acids is 2. The van der Waals surface area contributed by atoms with E-state index in [2.05, 4.69) is 0 Å². The van der Waals surface area contributed by atoms with Crippen LogP contribution in [0.15, 0.2) is 72.4 Å². The van der Waals surface area contributed by atoms with Gasteiger partial charge in [0, 0.05) is 23.9 Å². The normalized spacial score (nSPS) is 18.4. The van der Waals surface area contributed by atoms with E-state index >= 15 is 0 Å². The monoisotopic (exact) mass is 335 g/mol. The summed E-state index contributed by atoms with van der Waals surface area (Å²) in [5.41, 5.74) is 2.63. The number of nitrogens with zero attached hydrogens (tertiary/aromatic N) is 1. The molecule has 3 rings (SSSR count). The number of hydrogen-bond acceptors (Lipinski definition) is 4. The van der Waals surface area contributed by atoms with Crippen molar-refractivity contribution in [2.75, 3.05) is 7.11 Å². The van der Waals surface area contributed by atoms with Gasteiger partial charge in [-0.2, -0.15) is 0 Å². The number of methoxy groups -OCH3 is 1. The zero-order valence-corrected chi connectivity index (χ0v) is 14.2. The number of carbonyl (C=O) groups is 2. The van der Waals surface area contributed by atoms with E-state index in [1.165, 1.54) is 7.11 Å². The molecule has 4 heteroatoms. The van der Waals surface area contributed by atoms with Crippen molar-refractivity contribution in [1.82, 2.24) is 4.90 Å². The molecular weight excluding hydrogens is 314 g/mol. The maximum absolute atomic E-state index is 12.5. The van der Waals surface area contributed by atoms with Crippen LogP contribution in [0.1, 0.15) is 28.8 Å². The standard InChI is InChI=1S/C21H21NO3/c1-25-21(24)19-13-12-18(14-20(23)17-10-6-3-7-11-17)22(19)15-16-8-4-2-5-9-16/h2-11,14,19H,12-13,15H2,1H3/b18-14+/t19-/m1/s1. The summed E-state index contributed by atoms with van der Waals surface area (Å²) < 4.78 is 4.95. The first kappa shape index (κ1) is 17.0. The minimum absolute atomic E-state index is 0.0424. The zero-order chi connectivity index (χ0) is 17.6. The summed E-state index contributed by atoms with van der Waals surface area (Å²) in [6, 6.07) is 18.8. The van der Waals surface area contributed by atoms with Crippen molar-refractivity contribution >= 4 is 11.8 Å². The molecule has 0 spiro atoms. The van der Waals surface area contributed by atoms with E-state index in [4.69, 9.17) is 4.74 Å². The summed E-state index contributed by atoms with van der Waals surface area (Å²) in [6.45, 7) is 0.578. The van der Waals surface area contributed by atoms with Gasteiger partial charge in [0.05, 0.1) is 7.11 Å². The molecule has 0 bridgehead atoms. The van der Waals surface area contributed by atoms with Gasteiger partial charge in [0.1, 0.15) is 6.04 Å². The van der Waals surface area contributed by atoms with E-state index in [0.29, 0.717) is 24.9 Å². The van der Waals surface area contributed by atoms with Gasteiger partial charge in [0.2, 0.25) is 0 Å². The molecule has 1 aliphatic rings. The lowest BCUT2D eigenvalue weighted by Gasteiger charge is -2.26. The van der Waals surface area contributed by atoms with Gasteiger partial charge in [-0.15, -0.1) is 0 Å². The molecule has 1 aliphatic heterocycles. The van der Waals surface area contributed by atoms with E-state index in [1.807, 2.05) is 53.4 Å². The molecule has 0 amide bonds. The van der Waals surface area contributed by atoms with Crippen molar-refractivity contribution in [2.45, 2.75) is 25.4 Å². The fourth-order valence-electron chi connectivity index (χ4n) is 3.15. The van der Waals surface area contributed by atoms with E-state index in [9.17, 15) is 9.59 Å². The predicted molar refractivity (Wildman–Crippen MR) is 95.9 cm³/mol. The first-order valence-corrected chi connectivity index (χ1v) is 8.37. The first-order chi connectivity index (χ1) is 12.2. The third kappa shape index (κ3) is 3.97. The van der Waals surface area contributed by atoms with Gasteiger partial charge in [0.15, 0.2) is 5.78 Å². The summed E-state index contributed by atoms with van der Waals surface area (Å²) in [5.74, 6) is -0.300. The average Bonchev–Trinajstić information content (AvgIpc) is 3.05. The Kier molecular flexibility index (Phi) is 5.29. The first-order valence-electron chi connectivity index (χ1n) is 8.37. The molecule has 0 aliphatic carbocycles. The lowest BCUT2D eigenvalue weighted by Crippen LogP contribution is -2.35. The number of allylic oxidation sites excluding steroid dienone is 2. The summed E-state index contributed by atoms with van der Waals surface area (Å²) in [4.78, 5) is 26.7. The van der Waals surface area contributed by atoms with E-state index in [0.717, 1.165) is 11.3 Å². The van der Waals surface area contributed by atoms with Gasteiger partial charge >= 0.3 is 5.97 Å². The van der Waals surface area contributed by atoms with Gasteiger partial charge in [-0.05, 0) is 18.4 Å². The quantitative estimate of drug-likeness (QED) is 0.476. The van der Waals surface area contributed by atoms with Crippen LogP contribution in [-0.4, -0.2) is 29.8 Å². The minimum Gasteiger partial charge on any atom is -0.467 e. The van der Waals surface area contributed by atoms with Crippen molar-refractivity contribution < 1.29 is 14.3 Å². The van der Waals surface area contributed by atoms with Crippen LogP contribution >= 0.6 is 0 Å². The Labute approximate surface area is 147 Å². The molecule has 2 aromatic rings. The van der Waals surface area contributed by atoms with Crippen LogP contribution in [0, 0.1) is 0 Å². The molecule has 2 aromatic carbocycles. The third-order valence-corrected chi connectivity index (χ3v) is 4.44. The van der Waals surface area contributed by atoms with Crippen molar-refractivity contribution in [3.8, 4) is 0 Å². The number of ether oxygens (including phenoxy) is 1. The molecule has 1 fully saturated rings. The molecular formula is C21H21NO3. The Morgan fingerprint density at radius 1 is 1.08 bits per heavy atom. The second kappa shape index (κ2) is 7.79. The lowest BCUT2D eigenvalue weighted by molar-refractivity contribution is -0.145. The summed E-state index contributed by atoms with van der Waals surface area (Å²) in [6.07, 6.45) is 3.00. The predicted octanol–water partition coefficient (Wildman–Crippen LogP) is 3.59. The Morgan fingerprint density at radius 2 is 1.72 bits per heavy atom. The molecule has 0 N–H and O–H groups in total. The number of hydrogen-bond donors (Lipinski definition) is 0. The minimum atomic E-state index is -0.347. The topological polar surface area (TPSA) is 46.6 Å². The lowest BCUT2D eigenvalue weighted by atomic mass is 10.1. The highest BCUT2D eigenvalue weighted by molar-refractivity contribution is 6.04. The SMILES string of the molecule is COC(=O)[C@H]1CC/C(=C\C(=O)c2ccccc2)N1Cc1ccccc1. The van der Waals surface area contributed by atoms with Crippen LogP contribution in [0.3, 0.4) is 0 Å². The number of ketones is 1. The molecule has 1 heterocycles. The molecule has 0 unspecified atom stereocenters. The van der Waals surface area contributed by atoms with Gasteiger partial charge in [-0.3, -0.25) is 4.79 Å². The summed E-state index contributed by atoms with van der Waals surface area (Å²) >= 11 is 0. The van der Waals surface area contributed by atoms with Crippen LogP contribution in [0.2, 0.25) is 0 Å². The van der Waals surface area contributed by atoms with Crippen molar-refractivity contribution in [1.29, 1.82) is 0 Å². The van der Waals surface area contributed by atoms with Gasteiger partial charge in [0.25, 0.3) is 0 Å². The summed E-state index contributed by atoms with van der Waals surface area (Å²) in [5, 5.41) is 0.